The van der Waals surface area contributed by atoms with Gasteiger partial charge in [0.05, 0.1) is 29.9 Å². The first-order chi connectivity index (χ1) is 17.7. The number of phenolic OH excluding ortho intramolecular Hbond substituents is 1. The Morgan fingerprint density at radius 1 is 0.895 bits per heavy atom. The molecule has 1 fully saturated rings. The van der Waals surface area contributed by atoms with Gasteiger partial charge in [-0.2, -0.15) is 13.2 Å². The number of halogens is 3. The van der Waals surface area contributed by atoms with E-state index in [-0.39, 0.29) is 33.7 Å². The first-order valence-electron chi connectivity index (χ1n) is 11.7. The van der Waals surface area contributed by atoms with Crippen LogP contribution in [0.1, 0.15) is 49.1 Å². The van der Waals surface area contributed by atoms with E-state index in [4.69, 9.17) is 4.74 Å². The van der Waals surface area contributed by atoms with E-state index in [9.17, 15) is 33.0 Å². The number of rotatable bonds is 4. The second-order valence-electron chi connectivity index (χ2n) is 9.97. The zero-order chi connectivity index (χ0) is 28.0. The van der Waals surface area contributed by atoms with Crippen LogP contribution in [0, 0.1) is 0 Å². The molecule has 0 aromatic heterocycles. The summed E-state index contributed by atoms with van der Waals surface area (Å²) in [5, 5.41) is 21.3. The van der Waals surface area contributed by atoms with Gasteiger partial charge in [0.15, 0.2) is 0 Å². The Morgan fingerprint density at radius 2 is 1.47 bits per heavy atom. The molecule has 1 amide bonds. The van der Waals surface area contributed by atoms with Gasteiger partial charge in [-0.05, 0) is 65.1 Å². The Labute approximate surface area is 217 Å². The average Bonchev–Trinajstić information content (AvgIpc) is 3.13. The van der Waals surface area contributed by atoms with E-state index in [1.807, 2.05) is 26.8 Å². The van der Waals surface area contributed by atoms with Crippen molar-refractivity contribution < 1.29 is 37.7 Å². The number of methoxy groups -OCH3 is 1. The van der Waals surface area contributed by atoms with E-state index in [1.54, 1.807) is 12.1 Å². The lowest BCUT2D eigenvalue weighted by Crippen LogP contribution is -2.29. The Balaban J connectivity index is 1.96. The molecule has 38 heavy (non-hydrogen) atoms. The molecule has 1 unspecified atom stereocenters. The summed E-state index contributed by atoms with van der Waals surface area (Å²) in [5.74, 6) is -2.32. The Hall–Kier alpha value is -4.27. The van der Waals surface area contributed by atoms with Gasteiger partial charge in [0.2, 0.25) is 0 Å². The Bertz CT molecular complexity index is 1420. The summed E-state index contributed by atoms with van der Waals surface area (Å²) in [4.78, 5) is 27.7. The number of ether oxygens (including phenoxy) is 1. The van der Waals surface area contributed by atoms with Crippen LogP contribution < -0.4 is 9.64 Å². The number of phenols is 1. The number of carbonyl (C=O) groups excluding carboxylic acids is 2. The highest BCUT2D eigenvalue weighted by Gasteiger charge is 2.47. The highest BCUT2D eigenvalue weighted by atomic mass is 19.4. The lowest BCUT2D eigenvalue weighted by Gasteiger charge is -2.26. The molecule has 0 saturated carbocycles. The van der Waals surface area contributed by atoms with Gasteiger partial charge in [0.1, 0.15) is 17.3 Å². The van der Waals surface area contributed by atoms with Gasteiger partial charge in [-0.15, -0.1) is 0 Å². The number of hydrogen-bond donors (Lipinski definition) is 2. The highest BCUT2D eigenvalue weighted by molar-refractivity contribution is 6.51. The molecule has 6 nitrogen and oxygen atoms in total. The fourth-order valence-corrected chi connectivity index (χ4v) is 4.39. The van der Waals surface area contributed by atoms with Gasteiger partial charge >= 0.3 is 6.18 Å². The SMILES string of the molecule is COc1ccc(C(C)(C)C)cc1/C(O)=C1\C(=O)C(=O)N(c2ccc(C(F)(F)F)cc2)C1c1ccc(O)cc1. The topological polar surface area (TPSA) is 87.1 Å². The van der Waals surface area contributed by atoms with E-state index >= 15 is 0 Å². The van der Waals surface area contributed by atoms with Crippen LogP contribution >= 0.6 is 0 Å². The van der Waals surface area contributed by atoms with Crippen molar-refractivity contribution in [3.63, 3.8) is 0 Å². The van der Waals surface area contributed by atoms with Crippen LogP contribution in [-0.2, 0) is 21.2 Å². The zero-order valence-electron chi connectivity index (χ0n) is 21.1. The number of Topliss-reactive ketones (excluding diaryl/α,β-unsaturated/α-hetero) is 1. The third-order valence-electron chi connectivity index (χ3n) is 6.45. The van der Waals surface area contributed by atoms with E-state index in [0.29, 0.717) is 5.56 Å². The summed E-state index contributed by atoms with van der Waals surface area (Å²) in [6, 6.07) is 13.4. The number of aliphatic hydroxyl groups excluding tert-OH is 1. The molecule has 4 rings (SSSR count). The number of anilines is 1. The number of amides is 1. The third kappa shape index (κ3) is 4.83. The lowest BCUT2D eigenvalue weighted by molar-refractivity contribution is -0.137. The van der Waals surface area contributed by atoms with E-state index in [2.05, 4.69) is 0 Å². The molecule has 1 saturated heterocycles. The predicted octanol–water partition coefficient (Wildman–Crippen LogP) is 6.34. The number of benzene rings is 3. The van der Waals surface area contributed by atoms with Crippen molar-refractivity contribution in [1.29, 1.82) is 0 Å². The quantitative estimate of drug-likeness (QED) is 0.236. The van der Waals surface area contributed by atoms with Crippen molar-refractivity contribution in [1.82, 2.24) is 0 Å². The predicted molar refractivity (Wildman–Crippen MR) is 136 cm³/mol. The molecule has 1 aliphatic heterocycles. The fraction of sp³-hybridized carbons (Fsp3) is 0.241. The molecule has 0 spiro atoms. The minimum absolute atomic E-state index is 0.0348. The summed E-state index contributed by atoms with van der Waals surface area (Å²) >= 11 is 0. The number of aromatic hydroxyl groups is 1. The molecule has 3 aromatic rings. The molecule has 1 aliphatic rings. The van der Waals surface area contributed by atoms with Gasteiger partial charge in [0.25, 0.3) is 11.7 Å². The maximum atomic E-state index is 13.4. The summed E-state index contributed by atoms with van der Waals surface area (Å²) in [6.07, 6.45) is -4.59. The van der Waals surface area contributed by atoms with Crippen LogP contribution in [0.5, 0.6) is 11.5 Å². The third-order valence-corrected chi connectivity index (χ3v) is 6.45. The molecule has 1 heterocycles. The highest BCUT2D eigenvalue weighted by Crippen LogP contribution is 2.44. The molecular formula is C29H26F3NO5. The Morgan fingerprint density at radius 3 is 2.00 bits per heavy atom. The first-order valence-corrected chi connectivity index (χ1v) is 11.7. The Kier molecular flexibility index (Phi) is 6.73. The van der Waals surface area contributed by atoms with Crippen LogP contribution in [-0.4, -0.2) is 29.0 Å². The van der Waals surface area contributed by atoms with Gasteiger partial charge in [0, 0.05) is 5.69 Å². The van der Waals surface area contributed by atoms with Crippen LogP contribution in [0.15, 0.2) is 72.3 Å². The van der Waals surface area contributed by atoms with Gasteiger partial charge in [-0.3, -0.25) is 14.5 Å². The van der Waals surface area contributed by atoms with E-state index in [1.165, 1.54) is 31.4 Å². The van der Waals surface area contributed by atoms with Crippen LogP contribution in [0.3, 0.4) is 0 Å². The molecular weight excluding hydrogens is 499 g/mol. The van der Waals surface area contributed by atoms with Crippen molar-refractivity contribution in [3.05, 3.63) is 94.6 Å². The zero-order valence-corrected chi connectivity index (χ0v) is 21.1. The van der Waals surface area contributed by atoms with Crippen LogP contribution in [0.25, 0.3) is 5.76 Å². The second-order valence-corrected chi connectivity index (χ2v) is 9.97. The summed E-state index contributed by atoms with van der Waals surface area (Å²) in [5.41, 5.74) is -0.0776. The molecule has 9 heteroatoms. The van der Waals surface area contributed by atoms with Crippen molar-refractivity contribution in [2.45, 2.75) is 38.4 Å². The average molecular weight is 526 g/mol. The molecule has 198 valence electrons. The van der Waals surface area contributed by atoms with Crippen molar-refractivity contribution >= 4 is 23.1 Å². The van der Waals surface area contributed by atoms with E-state index in [0.717, 1.165) is 34.7 Å². The number of aliphatic hydroxyl groups is 1. The van der Waals surface area contributed by atoms with Crippen molar-refractivity contribution in [2.75, 3.05) is 12.0 Å². The van der Waals surface area contributed by atoms with Crippen molar-refractivity contribution in [3.8, 4) is 11.5 Å². The summed E-state index contributed by atoms with van der Waals surface area (Å²) in [6.45, 7) is 5.91. The number of carbonyl (C=O) groups is 2. The van der Waals surface area contributed by atoms with Crippen LogP contribution in [0.2, 0.25) is 0 Å². The number of nitrogens with zero attached hydrogens (tertiary/aromatic N) is 1. The lowest BCUT2D eigenvalue weighted by atomic mass is 9.85. The smallest absolute Gasteiger partial charge is 0.416 e. The monoisotopic (exact) mass is 525 g/mol. The van der Waals surface area contributed by atoms with Crippen LogP contribution in [0.4, 0.5) is 18.9 Å². The minimum Gasteiger partial charge on any atom is -0.508 e. The molecule has 3 aromatic carbocycles. The molecule has 2 N–H and O–H groups in total. The minimum atomic E-state index is -4.59. The number of ketones is 1. The number of alkyl halides is 3. The summed E-state index contributed by atoms with van der Waals surface area (Å²) < 4.78 is 44.9. The van der Waals surface area contributed by atoms with Crippen molar-refractivity contribution in [2.24, 2.45) is 0 Å². The summed E-state index contributed by atoms with van der Waals surface area (Å²) in [7, 11) is 1.40. The van der Waals surface area contributed by atoms with Gasteiger partial charge < -0.3 is 14.9 Å². The largest absolute Gasteiger partial charge is 0.508 e. The maximum Gasteiger partial charge on any atom is 0.416 e. The number of hydrogen-bond acceptors (Lipinski definition) is 5. The second kappa shape index (κ2) is 9.55. The molecule has 0 radical (unpaired) electrons. The molecule has 1 atom stereocenters. The van der Waals surface area contributed by atoms with E-state index < -0.39 is 35.2 Å². The van der Waals surface area contributed by atoms with Gasteiger partial charge in [-0.25, -0.2) is 0 Å². The fourth-order valence-electron chi connectivity index (χ4n) is 4.39. The molecule has 0 bridgehead atoms. The van der Waals surface area contributed by atoms with Gasteiger partial charge in [-0.1, -0.05) is 39.0 Å². The first kappa shape index (κ1) is 26.8. The maximum absolute atomic E-state index is 13.4. The standard InChI is InChI=1S/C29H26F3NO5/c1-28(2,3)18-9-14-22(38-4)21(15-18)25(35)23-24(16-5-12-20(34)13-6-16)33(27(37)26(23)36)19-10-7-17(8-11-19)29(30,31)32/h5-15,24,34-35H,1-4H3/b25-23+. The molecule has 0 aliphatic carbocycles. The normalized spacial score (nSPS) is 17.7.